The molecule has 3 aromatic heterocycles. The van der Waals surface area contributed by atoms with E-state index in [1.54, 1.807) is 6.07 Å². The lowest BCUT2D eigenvalue weighted by Crippen LogP contribution is -2.12. The maximum absolute atomic E-state index is 15.7. The van der Waals surface area contributed by atoms with Crippen LogP contribution in [-0.4, -0.2) is 24.5 Å². The molecule has 0 aliphatic heterocycles. The fraction of sp³-hybridized carbons (Fsp3) is 0.0820. The van der Waals surface area contributed by atoms with Crippen LogP contribution in [0, 0.1) is 27.7 Å². The Morgan fingerprint density at radius 2 is 0.829 bits per heavy atom. The Bertz CT molecular complexity index is 3600. The van der Waals surface area contributed by atoms with Crippen LogP contribution >= 0.6 is 9.24 Å². The maximum atomic E-state index is 15.7. The van der Waals surface area contributed by atoms with E-state index in [1.807, 2.05) is 97.1 Å². The summed E-state index contributed by atoms with van der Waals surface area (Å²) in [6.45, 7) is 8.39. The lowest BCUT2D eigenvalue weighted by Gasteiger charge is -2.21. The molecule has 11 aromatic rings. The summed E-state index contributed by atoms with van der Waals surface area (Å²) >= 11 is 0. The molecule has 0 radical (unpaired) electrons. The van der Waals surface area contributed by atoms with Crippen LogP contribution < -0.4 is 5.44 Å². The minimum atomic E-state index is -4.76. The molecule has 0 bridgehead atoms. The predicted molar refractivity (Wildman–Crippen MR) is 283 cm³/mol. The van der Waals surface area contributed by atoms with Crippen molar-refractivity contribution < 1.29 is 13.2 Å². The number of rotatable bonds is 8. The number of aryl methyl sites for hydroxylation is 4. The first kappa shape index (κ1) is 44.4. The first-order valence-corrected chi connectivity index (χ1v) is 23.6. The number of alkyl halides is 3. The van der Waals surface area contributed by atoms with Crippen LogP contribution in [0.15, 0.2) is 188 Å². The van der Waals surface area contributed by atoms with E-state index in [1.165, 1.54) is 12.1 Å². The molecule has 0 aliphatic carbocycles. The molecular formula is C61H45F3N5P. The number of nitrogens with zero attached hydrogens (tertiary/aromatic N) is 5. The van der Waals surface area contributed by atoms with Gasteiger partial charge in [0.15, 0.2) is 11.6 Å². The molecule has 8 aromatic carbocycles. The molecule has 0 fully saturated rings. The van der Waals surface area contributed by atoms with Gasteiger partial charge in [-0.05, 0) is 98.5 Å². The van der Waals surface area contributed by atoms with Gasteiger partial charge in [0.25, 0.3) is 0 Å². The molecule has 340 valence electrons. The van der Waals surface area contributed by atoms with E-state index in [0.29, 0.717) is 34.0 Å². The third-order valence-electron chi connectivity index (χ3n) is 12.7. The second kappa shape index (κ2) is 17.8. The van der Waals surface area contributed by atoms with Gasteiger partial charge in [0.2, 0.25) is 0 Å². The first-order chi connectivity index (χ1) is 33.8. The molecule has 0 aliphatic rings. The van der Waals surface area contributed by atoms with Crippen molar-refractivity contribution in [2.24, 2.45) is 0 Å². The van der Waals surface area contributed by atoms with Gasteiger partial charge in [-0.1, -0.05) is 171 Å². The topological polar surface area (TPSA) is 56.5 Å². The zero-order valence-corrected chi connectivity index (χ0v) is 40.0. The van der Waals surface area contributed by atoms with E-state index in [-0.39, 0.29) is 17.0 Å². The SMILES string of the molecule is Cc1cc(C)cc(-c2ccc3c(c2)c2cc(-c4cc(C)cc(C)c4)ccc2n3-c2c(-c3cc(-c4ccccc4)nc(-c4ccccc4)n3)cc(C(F)(F)F)cc2-c2nc(P)cc(-c3ccccc3)n2)c1. The molecule has 11 rings (SSSR count). The van der Waals surface area contributed by atoms with Gasteiger partial charge in [-0.3, -0.25) is 0 Å². The largest absolute Gasteiger partial charge is 0.416 e. The molecule has 0 amide bonds. The van der Waals surface area contributed by atoms with E-state index < -0.39 is 11.7 Å². The highest BCUT2D eigenvalue weighted by atomic mass is 31.0. The molecule has 9 heteroatoms. The monoisotopic (exact) mass is 935 g/mol. The lowest BCUT2D eigenvalue weighted by molar-refractivity contribution is -0.137. The van der Waals surface area contributed by atoms with Gasteiger partial charge in [-0.15, -0.1) is 0 Å². The second-order valence-corrected chi connectivity index (χ2v) is 18.6. The van der Waals surface area contributed by atoms with Crippen molar-refractivity contribution in [1.29, 1.82) is 0 Å². The summed E-state index contributed by atoms with van der Waals surface area (Å²) in [7, 11) is 2.64. The smallest absolute Gasteiger partial charge is 0.308 e. The summed E-state index contributed by atoms with van der Waals surface area (Å²) in [4.78, 5) is 20.2. The maximum Gasteiger partial charge on any atom is 0.416 e. The Morgan fingerprint density at radius 3 is 1.33 bits per heavy atom. The fourth-order valence-electron chi connectivity index (χ4n) is 9.71. The third kappa shape index (κ3) is 8.56. The van der Waals surface area contributed by atoms with Gasteiger partial charge in [0.1, 0.15) is 0 Å². The number of halogens is 3. The van der Waals surface area contributed by atoms with Crippen molar-refractivity contribution in [3.8, 4) is 84.5 Å². The van der Waals surface area contributed by atoms with Gasteiger partial charge in [-0.25, -0.2) is 19.9 Å². The highest BCUT2D eigenvalue weighted by molar-refractivity contribution is 7.26. The van der Waals surface area contributed by atoms with Crippen LogP contribution in [0.5, 0.6) is 0 Å². The van der Waals surface area contributed by atoms with E-state index in [9.17, 15) is 0 Å². The number of hydrogen-bond donors (Lipinski definition) is 0. The minimum absolute atomic E-state index is 0.128. The normalized spacial score (nSPS) is 11.7. The molecule has 1 unspecified atom stereocenters. The lowest BCUT2D eigenvalue weighted by atomic mass is 9.96. The molecule has 70 heavy (non-hydrogen) atoms. The average Bonchev–Trinajstić information content (AvgIpc) is 3.68. The number of hydrogen-bond acceptors (Lipinski definition) is 4. The van der Waals surface area contributed by atoms with E-state index in [0.717, 1.165) is 83.0 Å². The average molecular weight is 936 g/mol. The number of aromatic nitrogens is 5. The fourth-order valence-corrected chi connectivity index (χ4v) is 9.99. The molecule has 5 nitrogen and oxygen atoms in total. The van der Waals surface area contributed by atoms with Crippen molar-refractivity contribution in [2.45, 2.75) is 33.9 Å². The standard InChI is InChI=1S/C61H45F3N5P/c1-36-24-37(2)27-45(26-36)43-20-22-55-48(30-43)49-31-44(46-28-38(3)25-39(4)29-46)21-23-56(49)69(55)58-50(54-34-52(40-14-8-5-9-15-40)65-59(67-54)42-18-12-7-13-19-42)32-47(61(62,63)64)33-51(58)60-66-53(35-57(70)68-60)41-16-10-6-11-17-41/h5-35H,70H2,1-4H3. The highest BCUT2D eigenvalue weighted by Crippen LogP contribution is 2.46. The van der Waals surface area contributed by atoms with E-state index >= 15 is 13.2 Å². The zero-order chi connectivity index (χ0) is 48.3. The van der Waals surface area contributed by atoms with Crippen LogP contribution in [-0.2, 0) is 6.18 Å². The van der Waals surface area contributed by atoms with Crippen molar-refractivity contribution >= 4 is 36.5 Å². The second-order valence-electron chi connectivity index (χ2n) is 18.0. The van der Waals surface area contributed by atoms with Gasteiger partial charge in [-0.2, -0.15) is 13.2 Å². The molecule has 0 spiro atoms. The van der Waals surface area contributed by atoms with Crippen molar-refractivity contribution in [2.75, 3.05) is 0 Å². The van der Waals surface area contributed by atoms with E-state index in [4.69, 9.17) is 19.9 Å². The van der Waals surface area contributed by atoms with Crippen LogP contribution in [0.3, 0.4) is 0 Å². The van der Waals surface area contributed by atoms with Gasteiger partial charge in [0, 0.05) is 38.6 Å². The van der Waals surface area contributed by atoms with Gasteiger partial charge < -0.3 is 4.57 Å². The minimum Gasteiger partial charge on any atom is -0.308 e. The third-order valence-corrected chi connectivity index (χ3v) is 13.0. The van der Waals surface area contributed by atoms with E-state index in [2.05, 4.69) is 114 Å². The molecule has 0 saturated heterocycles. The predicted octanol–water partition coefficient (Wildman–Crippen LogP) is 15.8. The summed E-state index contributed by atoms with van der Waals surface area (Å²) in [5, 5.41) is 1.86. The Labute approximate surface area is 406 Å². The zero-order valence-electron chi connectivity index (χ0n) is 38.8. The summed E-state index contributed by atoms with van der Waals surface area (Å²) in [6.07, 6.45) is -4.76. The summed E-state index contributed by atoms with van der Waals surface area (Å²) in [5.41, 5.74) is 14.6. The van der Waals surface area contributed by atoms with Crippen LogP contribution in [0.4, 0.5) is 13.2 Å². The first-order valence-electron chi connectivity index (χ1n) is 23.0. The Morgan fingerprint density at radius 1 is 0.386 bits per heavy atom. The van der Waals surface area contributed by atoms with Crippen molar-refractivity contribution in [3.63, 3.8) is 0 Å². The number of benzene rings is 8. The Hall–Kier alpha value is -8.06. The van der Waals surface area contributed by atoms with Crippen molar-refractivity contribution in [1.82, 2.24) is 24.5 Å². The van der Waals surface area contributed by atoms with Gasteiger partial charge in [0.05, 0.1) is 44.8 Å². The van der Waals surface area contributed by atoms with Gasteiger partial charge >= 0.3 is 6.18 Å². The van der Waals surface area contributed by atoms with Crippen LogP contribution in [0.25, 0.3) is 106 Å². The summed E-state index contributed by atoms with van der Waals surface area (Å²) in [6, 6.07) is 60.6. The molecule has 1 atom stereocenters. The molecule has 0 N–H and O–H groups in total. The Kier molecular flexibility index (Phi) is 11.3. The molecule has 0 saturated carbocycles. The number of fused-ring (bicyclic) bond motifs is 3. The molecule has 3 heterocycles. The molecular weight excluding hydrogens is 891 g/mol. The van der Waals surface area contributed by atoms with Crippen molar-refractivity contribution in [3.05, 3.63) is 216 Å². The van der Waals surface area contributed by atoms with Crippen LogP contribution in [0.2, 0.25) is 0 Å². The summed E-state index contributed by atoms with van der Waals surface area (Å²) < 4.78 is 49.2. The summed E-state index contributed by atoms with van der Waals surface area (Å²) in [5.74, 6) is 0.498. The van der Waals surface area contributed by atoms with Crippen LogP contribution in [0.1, 0.15) is 27.8 Å². The quantitative estimate of drug-likeness (QED) is 0.142. The Balaban J connectivity index is 1.30. The highest BCUT2D eigenvalue weighted by Gasteiger charge is 2.35.